The normalized spacial score (nSPS) is 17.0. The second-order valence-electron chi connectivity index (χ2n) is 7.39. The molecule has 0 unspecified atom stereocenters. The third-order valence-corrected chi connectivity index (χ3v) is 5.40. The van der Waals surface area contributed by atoms with E-state index in [0.29, 0.717) is 18.3 Å². The Morgan fingerprint density at radius 1 is 1.00 bits per heavy atom. The number of hydrogen-bond donors (Lipinski definition) is 0. The first-order chi connectivity index (χ1) is 13.6. The van der Waals surface area contributed by atoms with Crippen molar-refractivity contribution in [2.75, 3.05) is 26.2 Å². The SMILES string of the molecule is Cc1ccc(-c2nnc([C@@H](C)N3CCN(Cc4ccccc4F)CC3)o2)cc1. The zero-order valence-corrected chi connectivity index (χ0v) is 16.3. The summed E-state index contributed by atoms with van der Waals surface area (Å²) in [7, 11) is 0. The minimum Gasteiger partial charge on any atom is -0.419 e. The van der Waals surface area contributed by atoms with Crippen LogP contribution in [0.4, 0.5) is 4.39 Å². The van der Waals surface area contributed by atoms with E-state index in [4.69, 9.17) is 4.42 Å². The van der Waals surface area contributed by atoms with Crippen molar-refractivity contribution in [3.05, 3.63) is 71.4 Å². The average molecular weight is 380 g/mol. The first kappa shape index (κ1) is 18.8. The van der Waals surface area contributed by atoms with Gasteiger partial charge < -0.3 is 4.42 Å². The van der Waals surface area contributed by atoms with Gasteiger partial charge in [0.15, 0.2) is 0 Å². The third-order valence-electron chi connectivity index (χ3n) is 5.40. The Bertz CT molecular complexity index is 916. The van der Waals surface area contributed by atoms with E-state index in [1.165, 1.54) is 11.6 Å². The lowest BCUT2D eigenvalue weighted by atomic mass is 10.1. The van der Waals surface area contributed by atoms with Crippen LogP contribution in [0.5, 0.6) is 0 Å². The molecule has 0 amide bonds. The van der Waals surface area contributed by atoms with Crippen LogP contribution in [0.1, 0.15) is 30.0 Å². The van der Waals surface area contributed by atoms with Crippen LogP contribution in [0, 0.1) is 12.7 Å². The van der Waals surface area contributed by atoms with Gasteiger partial charge in [-0.1, -0.05) is 35.9 Å². The van der Waals surface area contributed by atoms with Crippen molar-refractivity contribution in [1.82, 2.24) is 20.0 Å². The van der Waals surface area contributed by atoms with Gasteiger partial charge in [0.1, 0.15) is 5.82 Å². The smallest absolute Gasteiger partial charge is 0.247 e. The summed E-state index contributed by atoms with van der Waals surface area (Å²) in [6.07, 6.45) is 0. The minimum absolute atomic E-state index is 0.0577. The molecule has 1 atom stereocenters. The quantitative estimate of drug-likeness (QED) is 0.668. The van der Waals surface area contributed by atoms with Crippen LogP contribution in [0.25, 0.3) is 11.5 Å². The summed E-state index contributed by atoms with van der Waals surface area (Å²) in [5, 5.41) is 8.48. The van der Waals surface area contributed by atoms with Crippen LogP contribution in [-0.2, 0) is 6.54 Å². The van der Waals surface area contributed by atoms with E-state index < -0.39 is 0 Å². The monoisotopic (exact) mass is 380 g/mol. The summed E-state index contributed by atoms with van der Waals surface area (Å²) in [4.78, 5) is 4.62. The maximum absolute atomic E-state index is 13.9. The van der Waals surface area contributed by atoms with E-state index in [9.17, 15) is 4.39 Å². The number of nitrogens with zero attached hydrogens (tertiary/aromatic N) is 4. The van der Waals surface area contributed by atoms with Crippen molar-refractivity contribution in [2.45, 2.75) is 26.4 Å². The Morgan fingerprint density at radius 2 is 1.71 bits per heavy atom. The number of hydrogen-bond acceptors (Lipinski definition) is 5. The van der Waals surface area contributed by atoms with Gasteiger partial charge >= 0.3 is 0 Å². The maximum atomic E-state index is 13.9. The van der Waals surface area contributed by atoms with E-state index in [1.807, 2.05) is 36.4 Å². The second-order valence-corrected chi connectivity index (χ2v) is 7.39. The molecule has 1 saturated heterocycles. The molecule has 1 fully saturated rings. The van der Waals surface area contributed by atoms with E-state index in [2.05, 4.69) is 33.8 Å². The molecule has 5 nitrogen and oxygen atoms in total. The Morgan fingerprint density at radius 3 is 2.43 bits per heavy atom. The van der Waals surface area contributed by atoms with Crippen molar-refractivity contribution < 1.29 is 8.81 Å². The fourth-order valence-electron chi connectivity index (χ4n) is 3.55. The van der Waals surface area contributed by atoms with E-state index in [0.717, 1.165) is 37.3 Å². The van der Waals surface area contributed by atoms with Crippen molar-refractivity contribution in [3.8, 4) is 11.5 Å². The van der Waals surface area contributed by atoms with Crippen LogP contribution >= 0.6 is 0 Å². The number of aromatic nitrogens is 2. The molecular weight excluding hydrogens is 355 g/mol. The molecule has 4 rings (SSSR count). The highest BCUT2D eigenvalue weighted by atomic mass is 19.1. The molecule has 2 heterocycles. The number of benzene rings is 2. The first-order valence-electron chi connectivity index (χ1n) is 9.70. The van der Waals surface area contributed by atoms with Gasteiger partial charge in [0.05, 0.1) is 6.04 Å². The highest BCUT2D eigenvalue weighted by Gasteiger charge is 2.26. The van der Waals surface area contributed by atoms with Gasteiger partial charge in [0.25, 0.3) is 0 Å². The Kier molecular flexibility index (Phi) is 5.50. The van der Waals surface area contributed by atoms with Gasteiger partial charge in [-0.3, -0.25) is 9.80 Å². The molecule has 28 heavy (non-hydrogen) atoms. The molecule has 0 aliphatic carbocycles. The molecule has 3 aromatic rings. The third kappa shape index (κ3) is 4.13. The number of halogens is 1. The first-order valence-corrected chi connectivity index (χ1v) is 9.70. The molecule has 0 N–H and O–H groups in total. The topological polar surface area (TPSA) is 45.4 Å². The predicted octanol–water partition coefficient (Wildman–Crippen LogP) is 4.06. The van der Waals surface area contributed by atoms with Crippen molar-refractivity contribution in [2.24, 2.45) is 0 Å². The summed E-state index contributed by atoms with van der Waals surface area (Å²) in [6, 6.07) is 15.1. The predicted molar refractivity (Wildman–Crippen MR) is 106 cm³/mol. The standard InChI is InChI=1S/C22H25FN4O/c1-16-7-9-18(10-8-16)22-25-24-21(28-22)17(2)27-13-11-26(12-14-27)15-19-5-3-4-6-20(19)23/h3-10,17H,11-15H2,1-2H3/t17-/m1/s1. The molecule has 0 bridgehead atoms. The summed E-state index contributed by atoms with van der Waals surface area (Å²) < 4.78 is 19.8. The summed E-state index contributed by atoms with van der Waals surface area (Å²) in [5.74, 6) is 1.06. The number of piperazine rings is 1. The van der Waals surface area contributed by atoms with Crippen molar-refractivity contribution >= 4 is 0 Å². The average Bonchev–Trinajstić information content (AvgIpc) is 3.20. The van der Waals surface area contributed by atoms with Gasteiger partial charge in [0, 0.05) is 43.9 Å². The Labute approximate surface area is 164 Å². The summed E-state index contributed by atoms with van der Waals surface area (Å²) in [6.45, 7) is 8.34. The van der Waals surface area contributed by atoms with Gasteiger partial charge in [-0.05, 0) is 32.0 Å². The Hall–Kier alpha value is -2.57. The lowest BCUT2D eigenvalue weighted by molar-refractivity contribution is 0.0870. The van der Waals surface area contributed by atoms with E-state index >= 15 is 0 Å². The molecule has 0 radical (unpaired) electrons. The van der Waals surface area contributed by atoms with Crippen LogP contribution in [0.3, 0.4) is 0 Å². The lowest BCUT2D eigenvalue weighted by Crippen LogP contribution is -2.46. The van der Waals surface area contributed by atoms with Crippen molar-refractivity contribution in [1.29, 1.82) is 0 Å². The molecule has 1 aliphatic heterocycles. The minimum atomic E-state index is -0.132. The highest BCUT2D eigenvalue weighted by molar-refractivity contribution is 5.52. The fraction of sp³-hybridized carbons (Fsp3) is 0.364. The number of rotatable bonds is 5. The molecule has 1 aromatic heterocycles. The Balaban J connectivity index is 1.36. The molecule has 0 saturated carbocycles. The fourth-order valence-corrected chi connectivity index (χ4v) is 3.55. The van der Waals surface area contributed by atoms with Gasteiger partial charge in [-0.25, -0.2) is 4.39 Å². The van der Waals surface area contributed by atoms with Gasteiger partial charge in [-0.2, -0.15) is 0 Å². The van der Waals surface area contributed by atoms with Crippen LogP contribution < -0.4 is 0 Å². The summed E-state index contributed by atoms with van der Waals surface area (Å²) in [5.41, 5.74) is 2.89. The second kappa shape index (κ2) is 8.20. The van der Waals surface area contributed by atoms with Crippen LogP contribution in [-0.4, -0.2) is 46.2 Å². The van der Waals surface area contributed by atoms with Crippen molar-refractivity contribution in [3.63, 3.8) is 0 Å². The van der Waals surface area contributed by atoms with Crippen LogP contribution in [0.15, 0.2) is 52.9 Å². The highest BCUT2D eigenvalue weighted by Crippen LogP contribution is 2.25. The lowest BCUT2D eigenvalue weighted by Gasteiger charge is -2.36. The molecular formula is C22H25FN4O. The van der Waals surface area contributed by atoms with E-state index in [-0.39, 0.29) is 11.9 Å². The molecule has 0 spiro atoms. The summed E-state index contributed by atoms with van der Waals surface area (Å²) >= 11 is 0. The zero-order valence-electron chi connectivity index (χ0n) is 16.3. The largest absolute Gasteiger partial charge is 0.419 e. The molecule has 146 valence electrons. The zero-order chi connectivity index (χ0) is 19.5. The molecule has 6 heteroatoms. The van der Waals surface area contributed by atoms with Gasteiger partial charge in [-0.15, -0.1) is 10.2 Å². The molecule has 2 aromatic carbocycles. The van der Waals surface area contributed by atoms with Crippen LogP contribution in [0.2, 0.25) is 0 Å². The maximum Gasteiger partial charge on any atom is 0.247 e. The van der Waals surface area contributed by atoms with E-state index in [1.54, 1.807) is 6.07 Å². The number of aryl methyl sites for hydroxylation is 1. The molecule has 1 aliphatic rings. The van der Waals surface area contributed by atoms with Gasteiger partial charge in [0.2, 0.25) is 11.8 Å².